The van der Waals surface area contributed by atoms with Gasteiger partial charge in [0, 0.05) is 18.2 Å². The maximum Gasteiger partial charge on any atom is 0.287 e. The summed E-state index contributed by atoms with van der Waals surface area (Å²) < 4.78 is 0. The Morgan fingerprint density at radius 1 is 1.27 bits per heavy atom. The van der Waals surface area contributed by atoms with Crippen LogP contribution in [0.15, 0.2) is 24.3 Å². The molecule has 1 atom stereocenters. The lowest BCUT2D eigenvalue weighted by Crippen LogP contribution is -2.30. The van der Waals surface area contributed by atoms with Crippen LogP contribution in [0.4, 0.5) is 4.79 Å². The third-order valence-electron chi connectivity index (χ3n) is 2.15. The van der Waals surface area contributed by atoms with Crippen molar-refractivity contribution in [1.29, 1.82) is 0 Å². The second-order valence-electron chi connectivity index (χ2n) is 3.28. The van der Waals surface area contributed by atoms with Gasteiger partial charge in [-0.25, -0.2) is 0 Å². The Morgan fingerprint density at radius 3 is 2.47 bits per heavy atom. The van der Waals surface area contributed by atoms with E-state index in [0.29, 0.717) is 18.2 Å². The number of hydrogen-bond donors (Lipinski definition) is 2. The molecule has 2 N–H and O–H groups in total. The smallest absolute Gasteiger partial charge is 0.287 e. The number of carbonyl (C=O) groups is 2. The van der Waals surface area contributed by atoms with E-state index in [1.54, 1.807) is 24.3 Å². The highest BCUT2D eigenvalue weighted by atomic mass is 32.2. The monoisotopic (exact) mass is 223 g/mol. The summed E-state index contributed by atoms with van der Waals surface area (Å²) in [5, 5.41) is 11.2. The van der Waals surface area contributed by atoms with Crippen molar-refractivity contribution in [3.05, 3.63) is 29.8 Å². The first-order valence-corrected chi connectivity index (χ1v) is 5.27. The molecule has 5 heteroatoms. The van der Waals surface area contributed by atoms with Crippen LogP contribution in [0.1, 0.15) is 5.56 Å². The lowest BCUT2D eigenvalue weighted by molar-refractivity contribution is -0.112. The number of benzene rings is 1. The van der Waals surface area contributed by atoms with Crippen LogP contribution in [0, 0.1) is 0 Å². The minimum atomic E-state index is -0.438. The van der Waals surface area contributed by atoms with Crippen LogP contribution in [-0.4, -0.2) is 21.5 Å². The highest BCUT2D eigenvalue weighted by Crippen LogP contribution is 2.19. The zero-order valence-corrected chi connectivity index (χ0v) is 8.58. The van der Waals surface area contributed by atoms with Gasteiger partial charge in [0.05, 0.1) is 0 Å². The predicted octanol–water partition coefficient (Wildman–Crippen LogP) is 1.29. The van der Waals surface area contributed by atoms with Crippen LogP contribution in [0.5, 0.6) is 5.75 Å². The van der Waals surface area contributed by atoms with E-state index in [-0.39, 0.29) is 16.1 Å². The van der Waals surface area contributed by atoms with E-state index in [0.717, 1.165) is 5.56 Å². The fourth-order valence-corrected chi connectivity index (χ4v) is 2.06. The Morgan fingerprint density at radius 2 is 1.93 bits per heavy atom. The number of rotatable bonds is 2. The molecule has 1 aromatic rings. The van der Waals surface area contributed by atoms with Gasteiger partial charge in [0.1, 0.15) is 11.8 Å². The molecule has 0 aromatic heterocycles. The average molecular weight is 223 g/mol. The lowest BCUT2D eigenvalue weighted by atomic mass is 10.1. The Kier molecular flexibility index (Phi) is 2.64. The van der Waals surface area contributed by atoms with Crippen molar-refractivity contribution < 1.29 is 14.7 Å². The zero-order valence-electron chi connectivity index (χ0n) is 7.77. The molecule has 0 aliphatic carbocycles. The van der Waals surface area contributed by atoms with Crippen LogP contribution < -0.4 is 5.32 Å². The number of amides is 1. The molecule has 2 rings (SSSR count). The van der Waals surface area contributed by atoms with Gasteiger partial charge < -0.3 is 10.4 Å². The molecule has 0 unspecified atom stereocenters. The molecule has 1 heterocycles. The number of phenols is 1. The third-order valence-corrected chi connectivity index (χ3v) is 2.94. The van der Waals surface area contributed by atoms with Gasteiger partial charge >= 0.3 is 0 Å². The number of nitrogens with one attached hydrogen (secondary N) is 1. The maximum atomic E-state index is 11.3. The van der Waals surface area contributed by atoms with Gasteiger partial charge in [-0.2, -0.15) is 0 Å². The number of aromatic hydroxyl groups is 1. The highest BCUT2D eigenvalue weighted by Gasteiger charge is 2.30. The first-order valence-electron chi connectivity index (χ1n) is 4.45. The Labute approximate surface area is 90.7 Å². The van der Waals surface area contributed by atoms with E-state index >= 15 is 0 Å². The number of phenolic OH excluding ortho intramolecular Hbond substituents is 1. The summed E-state index contributed by atoms with van der Waals surface area (Å²) >= 11 is 0.713. The molecule has 78 valence electrons. The first-order chi connectivity index (χ1) is 7.15. The predicted molar refractivity (Wildman–Crippen MR) is 56.7 cm³/mol. The summed E-state index contributed by atoms with van der Waals surface area (Å²) in [5.74, 6) is 0.190. The molecule has 0 spiro atoms. The summed E-state index contributed by atoms with van der Waals surface area (Å²) in [7, 11) is 0. The molecule has 1 aliphatic heterocycles. The van der Waals surface area contributed by atoms with Crippen molar-refractivity contribution in [1.82, 2.24) is 5.32 Å². The van der Waals surface area contributed by atoms with Crippen molar-refractivity contribution >= 4 is 22.1 Å². The van der Waals surface area contributed by atoms with Gasteiger partial charge in [-0.1, -0.05) is 12.1 Å². The van der Waals surface area contributed by atoms with Crippen molar-refractivity contribution in [3.63, 3.8) is 0 Å². The number of hydrogen-bond acceptors (Lipinski definition) is 4. The molecule has 1 amide bonds. The first kappa shape index (κ1) is 10.0. The molecule has 1 aliphatic rings. The summed E-state index contributed by atoms with van der Waals surface area (Å²) in [5.41, 5.74) is 0.911. The molecule has 0 radical (unpaired) electrons. The zero-order chi connectivity index (χ0) is 10.8. The Balaban J connectivity index is 2.06. The topological polar surface area (TPSA) is 66.4 Å². The van der Waals surface area contributed by atoms with Gasteiger partial charge in [-0.05, 0) is 17.7 Å². The van der Waals surface area contributed by atoms with E-state index in [9.17, 15) is 9.59 Å². The van der Waals surface area contributed by atoms with E-state index in [1.165, 1.54) is 0 Å². The molecule has 1 fully saturated rings. The Hall–Kier alpha value is -1.49. The normalized spacial score (nSPS) is 20.4. The van der Waals surface area contributed by atoms with E-state index in [1.807, 2.05) is 0 Å². The van der Waals surface area contributed by atoms with Gasteiger partial charge in [-0.15, -0.1) is 0 Å². The molecule has 1 saturated heterocycles. The summed E-state index contributed by atoms with van der Waals surface area (Å²) in [6, 6.07) is 6.15. The fourth-order valence-electron chi connectivity index (χ4n) is 1.40. The number of thioether (sulfide) groups is 1. The van der Waals surface area contributed by atoms with Crippen LogP contribution in [-0.2, 0) is 11.2 Å². The fraction of sp³-hybridized carbons (Fsp3) is 0.200. The lowest BCUT2D eigenvalue weighted by Gasteiger charge is -2.07. The molecule has 0 bridgehead atoms. The maximum absolute atomic E-state index is 11.3. The van der Waals surface area contributed by atoms with Crippen LogP contribution in [0.3, 0.4) is 0 Å². The van der Waals surface area contributed by atoms with E-state index in [4.69, 9.17) is 5.11 Å². The molecule has 15 heavy (non-hydrogen) atoms. The second-order valence-corrected chi connectivity index (χ2v) is 4.25. The molecule has 1 aromatic carbocycles. The van der Waals surface area contributed by atoms with Gasteiger partial charge in [0.15, 0.2) is 0 Å². The standard InChI is InChI=1S/C10H9NO3S/c12-7-3-1-6(2-4-7)5-8-9(13)15-10(14)11-8/h1-4,8,12H,5H2,(H,11,14)/t8-/m0/s1. The van der Waals surface area contributed by atoms with Crippen LogP contribution in [0.25, 0.3) is 0 Å². The average Bonchev–Trinajstić information content (AvgIpc) is 2.49. The van der Waals surface area contributed by atoms with Crippen molar-refractivity contribution in [2.45, 2.75) is 12.5 Å². The third kappa shape index (κ3) is 2.30. The van der Waals surface area contributed by atoms with Crippen molar-refractivity contribution in [3.8, 4) is 5.75 Å². The number of carbonyl (C=O) groups excluding carboxylic acids is 2. The molecular weight excluding hydrogens is 214 g/mol. The molecule has 0 saturated carbocycles. The molecule has 4 nitrogen and oxygen atoms in total. The van der Waals surface area contributed by atoms with Gasteiger partial charge in [-0.3, -0.25) is 9.59 Å². The van der Waals surface area contributed by atoms with E-state index in [2.05, 4.69) is 5.32 Å². The highest BCUT2D eigenvalue weighted by molar-refractivity contribution is 8.26. The van der Waals surface area contributed by atoms with Crippen molar-refractivity contribution in [2.75, 3.05) is 0 Å². The summed E-state index contributed by atoms with van der Waals surface area (Å²) in [4.78, 5) is 22.2. The largest absolute Gasteiger partial charge is 0.508 e. The minimum absolute atomic E-state index is 0.145. The summed E-state index contributed by atoms with van der Waals surface area (Å²) in [6.07, 6.45) is 0.470. The second kappa shape index (κ2) is 3.94. The van der Waals surface area contributed by atoms with Crippen LogP contribution in [0.2, 0.25) is 0 Å². The Bertz CT molecular complexity index is 402. The summed E-state index contributed by atoms with van der Waals surface area (Å²) in [6.45, 7) is 0. The SMILES string of the molecule is O=C1N[C@@H](Cc2ccc(O)cc2)C(=O)S1. The van der Waals surface area contributed by atoms with Crippen LogP contribution >= 0.6 is 11.8 Å². The van der Waals surface area contributed by atoms with Gasteiger partial charge in [0.2, 0.25) is 5.12 Å². The van der Waals surface area contributed by atoms with Gasteiger partial charge in [0.25, 0.3) is 5.24 Å². The van der Waals surface area contributed by atoms with Crippen molar-refractivity contribution in [2.24, 2.45) is 0 Å². The quantitative estimate of drug-likeness (QED) is 0.792. The van der Waals surface area contributed by atoms with E-state index < -0.39 is 6.04 Å². The molecular formula is C10H9NO3S. The minimum Gasteiger partial charge on any atom is -0.508 e.